The molecular formula is C20H17N7O2S. The van der Waals surface area contributed by atoms with E-state index in [9.17, 15) is 10.1 Å². The molecule has 1 N–H and O–H groups in total. The van der Waals surface area contributed by atoms with Gasteiger partial charge in [0, 0.05) is 30.1 Å². The van der Waals surface area contributed by atoms with Crippen molar-refractivity contribution >= 4 is 17.4 Å². The van der Waals surface area contributed by atoms with Gasteiger partial charge in [-0.05, 0) is 24.3 Å². The van der Waals surface area contributed by atoms with Crippen LogP contribution in [0.1, 0.15) is 11.3 Å². The first kappa shape index (κ1) is 19.5. The van der Waals surface area contributed by atoms with Crippen LogP contribution in [-0.4, -0.2) is 36.5 Å². The minimum atomic E-state index is -0.274. The van der Waals surface area contributed by atoms with Crippen LogP contribution in [0.3, 0.4) is 0 Å². The lowest BCUT2D eigenvalue weighted by Crippen LogP contribution is -2.15. The van der Waals surface area contributed by atoms with E-state index in [2.05, 4.69) is 26.9 Å². The molecule has 0 fully saturated rings. The number of nitrogens with zero attached hydrogens (tertiary/aromatic N) is 6. The number of ether oxygens (including phenoxy) is 1. The molecule has 0 bridgehead atoms. The fourth-order valence-electron chi connectivity index (χ4n) is 2.97. The van der Waals surface area contributed by atoms with Gasteiger partial charge >= 0.3 is 0 Å². The highest BCUT2D eigenvalue weighted by Crippen LogP contribution is 2.27. The van der Waals surface area contributed by atoms with Gasteiger partial charge in [0.25, 0.3) is 5.56 Å². The Bertz CT molecular complexity index is 1310. The number of methoxy groups -OCH3 is 1. The van der Waals surface area contributed by atoms with E-state index in [0.717, 1.165) is 11.3 Å². The minimum Gasteiger partial charge on any atom is -0.497 e. The largest absolute Gasteiger partial charge is 0.497 e. The minimum absolute atomic E-state index is 0.274. The molecule has 4 rings (SSSR count). The van der Waals surface area contributed by atoms with E-state index >= 15 is 0 Å². The maximum atomic E-state index is 12.3. The highest BCUT2D eigenvalue weighted by atomic mass is 32.2. The van der Waals surface area contributed by atoms with E-state index in [1.54, 1.807) is 13.2 Å². The van der Waals surface area contributed by atoms with Gasteiger partial charge < -0.3 is 4.74 Å². The molecule has 0 saturated carbocycles. The Morgan fingerprint density at radius 3 is 2.83 bits per heavy atom. The molecule has 3 heterocycles. The van der Waals surface area contributed by atoms with Gasteiger partial charge in [-0.15, -0.1) is 16.8 Å². The van der Waals surface area contributed by atoms with Crippen LogP contribution in [0.15, 0.2) is 59.1 Å². The van der Waals surface area contributed by atoms with E-state index in [-0.39, 0.29) is 5.56 Å². The lowest BCUT2D eigenvalue weighted by atomic mass is 10.2. The first-order chi connectivity index (χ1) is 14.6. The quantitative estimate of drug-likeness (QED) is 0.362. The zero-order valence-electron chi connectivity index (χ0n) is 16.1. The number of aromatic amines is 1. The third-order valence-electron chi connectivity index (χ3n) is 4.40. The van der Waals surface area contributed by atoms with Gasteiger partial charge in [0.05, 0.1) is 12.8 Å². The monoisotopic (exact) mass is 419 g/mol. The Morgan fingerprint density at radius 2 is 2.13 bits per heavy atom. The zero-order valence-corrected chi connectivity index (χ0v) is 16.9. The molecule has 4 aromatic rings. The molecule has 10 heteroatoms. The van der Waals surface area contributed by atoms with Gasteiger partial charge in [0.2, 0.25) is 0 Å². The number of aromatic nitrogens is 6. The van der Waals surface area contributed by atoms with Crippen LogP contribution in [0.2, 0.25) is 0 Å². The SMILES string of the molecule is C=CCn1c(SCc2cc(=O)n3[nH]cc(C#N)c3n2)nnc1-c1ccc(OC)cc1. The maximum absolute atomic E-state index is 12.3. The van der Waals surface area contributed by atoms with Crippen LogP contribution in [0, 0.1) is 11.3 Å². The third-order valence-corrected chi connectivity index (χ3v) is 5.40. The summed E-state index contributed by atoms with van der Waals surface area (Å²) < 4.78 is 8.40. The molecule has 0 unspecified atom stereocenters. The van der Waals surface area contributed by atoms with Gasteiger partial charge in [-0.25, -0.2) is 9.50 Å². The first-order valence-electron chi connectivity index (χ1n) is 8.96. The average Bonchev–Trinajstić information content (AvgIpc) is 3.37. The van der Waals surface area contributed by atoms with E-state index in [0.29, 0.717) is 40.2 Å². The van der Waals surface area contributed by atoms with E-state index in [4.69, 9.17) is 4.74 Å². The lowest BCUT2D eigenvalue weighted by molar-refractivity contribution is 0.415. The normalized spacial score (nSPS) is 10.8. The number of hydrogen-bond acceptors (Lipinski definition) is 7. The standard InChI is InChI=1S/C20H17N7O2S/c1-3-8-26-19(13-4-6-16(29-2)7-5-13)24-25-20(26)30-12-15-9-17(28)27-18(23-15)14(10-21)11-22-27/h3-7,9,11,22H,1,8,12H2,2H3. The summed E-state index contributed by atoms with van der Waals surface area (Å²) in [5.41, 5.74) is 1.81. The van der Waals surface area contributed by atoms with Crippen LogP contribution >= 0.6 is 11.8 Å². The fourth-order valence-corrected chi connectivity index (χ4v) is 3.81. The molecule has 0 aliphatic rings. The van der Waals surface area contributed by atoms with Crippen molar-refractivity contribution in [1.82, 2.24) is 29.4 Å². The number of nitrogens with one attached hydrogen (secondary N) is 1. The second-order valence-corrected chi connectivity index (χ2v) is 7.21. The summed E-state index contributed by atoms with van der Waals surface area (Å²) in [4.78, 5) is 16.7. The molecule has 0 aliphatic heterocycles. The van der Waals surface area contributed by atoms with Crippen molar-refractivity contribution in [2.45, 2.75) is 17.5 Å². The van der Waals surface area contributed by atoms with Crippen LogP contribution < -0.4 is 10.3 Å². The van der Waals surface area contributed by atoms with E-state index in [1.165, 1.54) is 28.5 Å². The Labute approximate surface area is 175 Å². The molecule has 0 aliphatic carbocycles. The summed E-state index contributed by atoms with van der Waals surface area (Å²) in [6.45, 7) is 4.35. The van der Waals surface area contributed by atoms with Crippen LogP contribution in [0.25, 0.3) is 17.0 Å². The predicted molar refractivity (Wildman–Crippen MR) is 112 cm³/mol. The summed E-state index contributed by atoms with van der Waals surface area (Å²) >= 11 is 1.41. The number of H-pyrrole nitrogens is 1. The van der Waals surface area contributed by atoms with Crippen molar-refractivity contribution in [2.24, 2.45) is 0 Å². The van der Waals surface area contributed by atoms with Crippen molar-refractivity contribution in [3.63, 3.8) is 0 Å². The third kappa shape index (κ3) is 3.58. The Kier molecular flexibility index (Phi) is 5.36. The smallest absolute Gasteiger partial charge is 0.272 e. The molecule has 1 aromatic carbocycles. The Morgan fingerprint density at radius 1 is 1.33 bits per heavy atom. The van der Waals surface area contributed by atoms with E-state index < -0.39 is 0 Å². The van der Waals surface area contributed by atoms with Crippen LogP contribution in [0.5, 0.6) is 5.75 Å². The average molecular weight is 419 g/mol. The van der Waals surface area contributed by atoms with Crippen molar-refractivity contribution in [2.75, 3.05) is 7.11 Å². The Balaban J connectivity index is 1.63. The first-order valence-corrected chi connectivity index (χ1v) is 9.94. The number of thioether (sulfide) groups is 1. The van der Waals surface area contributed by atoms with Gasteiger partial charge in [0.1, 0.15) is 17.4 Å². The number of benzene rings is 1. The highest BCUT2D eigenvalue weighted by molar-refractivity contribution is 7.98. The molecule has 150 valence electrons. The topological polar surface area (TPSA) is 114 Å². The predicted octanol–water partition coefficient (Wildman–Crippen LogP) is 2.64. The second-order valence-electron chi connectivity index (χ2n) is 6.27. The second kappa shape index (κ2) is 8.26. The summed E-state index contributed by atoms with van der Waals surface area (Å²) in [5, 5.41) is 21.2. The molecule has 0 radical (unpaired) electrons. The zero-order chi connectivity index (χ0) is 21.1. The molecule has 9 nitrogen and oxygen atoms in total. The number of hydrogen-bond donors (Lipinski definition) is 1. The Hall–Kier alpha value is -3.84. The lowest BCUT2D eigenvalue weighted by Gasteiger charge is -2.08. The molecule has 0 saturated heterocycles. The number of allylic oxidation sites excluding steroid dienone is 1. The highest BCUT2D eigenvalue weighted by Gasteiger charge is 2.15. The number of nitriles is 1. The number of rotatable bonds is 7. The maximum Gasteiger partial charge on any atom is 0.272 e. The molecular weight excluding hydrogens is 402 g/mol. The van der Waals surface area contributed by atoms with Crippen molar-refractivity contribution < 1.29 is 4.74 Å². The fraction of sp³-hybridized carbons (Fsp3) is 0.150. The van der Waals surface area contributed by atoms with E-state index in [1.807, 2.05) is 34.9 Å². The van der Waals surface area contributed by atoms with Gasteiger partial charge in [0.15, 0.2) is 16.6 Å². The summed E-state index contributed by atoms with van der Waals surface area (Å²) in [5.74, 6) is 1.87. The van der Waals surface area contributed by atoms with Crippen LogP contribution in [0.4, 0.5) is 0 Å². The molecule has 0 amide bonds. The van der Waals surface area contributed by atoms with Crippen molar-refractivity contribution in [3.05, 3.63) is 70.8 Å². The summed E-state index contributed by atoms with van der Waals surface area (Å²) in [6.07, 6.45) is 3.23. The van der Waals surface area contributed by atoms with Crippen molar-refractivity contribution in [1.29, 1.82) is 5.26 Å². The van der Waals surface area contributed by atoms with Crippen molar-refractivity contribution in [3.8, 4) is 23.2 Å². The van der Waals surface area contributed by atoms with Crippen LogP contribution in [-0.2, 0) is 12.3 Å². The number of fused-ring (bicyclic) bond motifs is 1. The summed E-state index contributed by atoms with van der Waals surface area (Å²) in [7, 11) is 1.62. The van der Waals surface area contributed by atoms with Gasteiger partial charge in [-0.2, -0.15) is 5.26 Å². The molecule has 30 heavy (non-hydrogen) atoms. The summed E-state index contributed by atoms with van der Waals surface area (Å²) in [6, 6.07) is 11.0. The van der Waals surface area contributed by atoms with Gasteiger partial charge in [-0.1, -0.05) is 17.8 Å². The molecule has 0 atom stereocenters. The van der Waals surface area contributed by atoms with Gasteiger partial charge in [-0.3, -0.25) is 14.5 Å². The molecule has 0 spiro atoms. The molecule has 3 aromatic heterocycles.